The highest BCUT2D eigenvalue weighted by molar-refractivity contribution is 5.92. The van der Waals surface area contributed by atoms with Gasteiger partial charge in [0.2, 0.25) is 5.91 Å². The molecule has 0 aliphatic heterocycles. The minimum absolute atomic E-state index is 0.0317. The van der Waals surface area contributed by atoms with E-state index >= 15 is 0 Å². The van der Waals surface area contributed by atoms with Crippen LogP contribution >= 0.6 is 0 Å². The summed E-state index contributed by atoms with van der Waals surface area (Å²) in [6.45, 7) is 6.96. The molecule has 0 radical (unpaired) electrons. The van der Waals surface area contributed by atoms with Gasteiger partial charge in [-0.05, 0) is 75.0 Å². The Morgan fingerprint density at radius 3 is 2.68 bits per heavy atom. The van der Waals surface area contributed by atoms with Crippen LogP contribution in [0.2, 0.25) is 0 Å². The number of halogens is 1. The van der Waals surface area contributed by atoms with Gasteiger partial charge in [-0.3, -0.25) is 4.79 Å². The molecule has 2 aliphatic carbocycles. The summed E-state index contributed by atoms with van der Waals surface area (Å²) in [5, 5.41) is 2.94. The van der Waals surface area contributed by atoms with Crippen molar-refractivity contribution in [2.45, 2.75) is 53.0 Å². The summed E-state index contributed by atoms with van der Waals surface area (Å²) >= 11 is 0. The summed E-state index contributed by atoms with van der Waals surface area (Å²) in [4.78, 5) is 12.4. The average molecular weight is 341 g/mol. The van der Waals surface area contributed by atoms with Gasteiger partial charge in [-0.2, -0.15) is 0 Å². The molecule has 3 heteroatoms. The third-order valence-electron chi connectivity index (χ3n) is 5.92. The standard InChI is InChI=1S/C22H28FNO/c1-14-4-8-18(21-15(2)5-11-20(14)21)12-16(3)22(25)24-13-17-6-9-19(23)10-7-17/h6-7,9-10,12,14,18,20H,4-5,8,11,13H2,1-3H3,(H,24,25)/b16-12+/t14-,18+,20-/m1/s1. The lowest BCUT2D eigenvalue weighted by Crippen LogP contribution is -2.26. The molecule has 1 aromatic rings. The van der Waals surface area contributed by atoms with Crippen LogP contribution in [0.4, 0.5) is 4.39 Å². The zero-order valence-electron chi connectivity index (χ0n) is 15.4. The van der Waals surface area contributed by atoms with Gasteiger partial charge in [-0.1, -0.05) is 36.3 Å². The van der Waals surface area contributed by atoms with Crippen LogP contribution in [0.1, 0.15) is 52.0 Å². The van der Waals surface area contributed by atoms with Crippen molar-refractivity contribution in [3.8, 4) is 0 Å². The van der Waals surface area contributed by atoms with Crippen molar-refractivity contribution in [3.05, 3.63) is 58.4 Å². The molecule has 1 N–H and O–H groups in total. The number of allylic oxidation sites excluding steroid dienone is 3. The first kappa shape index (κ1) is 17.9. The highest BCUT2D eigenvalue weighted by Crippen LogP contribution is 2.48. The fourth-order valence-electron chi connectivity index (χ4n) is 4.44. The topological polar surface area (TPSA) is 29.1 Å². The normalized spacial score (nSPS) is 26.6. The van der Waals surface area contributed by atoms with Crippen LogP contribution in [0.5, 0.6) is 0 Å². The zero-order chi connectivity index (χ0) is 18.0. The van der Waals surface area contributed by atoms with Crippen LogP contribution in [-0.4, -0.2) is 5.91 Å². The number of carbonyl (C=O) groups excluding carboxylic acids is 1. The van der Waals surface area contributed by atoms with E-state index in [9.17, 15) is 9.18 Å². The molecule has 0 unspecified atom stereocenters. The van der Waals surface area contributed by atoms with Crippen LogP contribution in [0.25, 0.3) is 0 Å². The van der Waals surface area contributed by atoms with Gasteiger partial charge >= 0.3 is 0 Å². The molecule has 1 saturated carbocycles. The van der Waals surface area contributed by atoms with Crippen molar-refractivity contribution in [3.63, 3.8) is 0 Å². The maximum atomic E-state index is 12.9. The second-order valence-corrected chi connectivity index (χ2v) is 7.70. The predicted molar refractivity (Wildman–Crippen MR) is 99.3 cm³/mol. The lowest BCUT2D eigenvalue weighted by Gasteiger charge is -2.34. The van der Waals surface area contributed by atoms with Crippen LogP contribution in [0, 0.1) is 23.6 Å². The molecular weight excluding hydrogens is 313 g/mol. The maximum absolute atomic E-state index is 12.9. The van der Waals surface area contributed by atoms with Gasteiger partial charge in [0.15, 0.2) is 0 Å². The molecule has 134 valence electrons. The van der Waals surface area contributed by atoms with Crippen molar-refractivity contribution in [2.75, 3.05) is 0 Å². The Labute approximate surface area is 150 Å². The quantitative estimate of drug-likeness (QED) is 0.595. The Morgan fingerprint density at radius 1 is 1.24 bits per heavy atom. The Bertz CT molecular complexity index is 701. The van der Waals surface area contributed by atoms with Crippen LogP contribution in [-0.2, 0) is 11.3 Å². The van der Waals surface area contributed by atoms with Gasteiger partial charge in [-0.15, -0.1) is 0 Å². The Hall–Kier alpha value is -1.90. The van der Waals surface area contributed by atoms with E-state index in [1.165, 1.54) is 37.0 Å². The number of benzene rings is 1. The maximum Gasteiger partial charge on any atom is 0.246 e. The van der Waals surface area contributed by atoms with Crippen LogP contribution in [0.15, 0.2) is 47.1 Å². The predicted octanol–water partition coefficient (Wildman–Crippen LogP) is 5.16. The highest BCUT2D eigenvalue weighted by atomic mass is 19.1. The molecule has 0 heterocycles. The first-order valence-corrected chi connectivity index (χ1v) is 9.36. The van der Waals surface area contributed by atoms with E-state index in [1.54, 1.807) is 17.7 Å². The first-order chi connectivity index (χ1) is 12.0. The van der Waals surface area contributed by atoms with E-state index in [-0.39, 0.29) is 11.7 Å². The van der Waals surface area contributed by atoms with Crippen molar-refractivity contribution in [1.82, 2.24) is 5.32 Å². The molecule has 2 aliphatic rings. The first-order valence-electron chi connectivity index (χ1n) is 9.36. The molecule has 1 aromatic carbocycles. The summed E-state index contributed by atoms with van der Waals surface area (Å²) in [6.07, 6.45) is 7.05. The van der Waals surface area contributed by atoms with Gasteiger partial charge < -0.3 is 5.32 Å². The van der Waals surface area contributed by atoms with Crippen molar-refractivity contribution >= 4 is 5.91 Å². The van der Waals surface area contributed by atoms with Crippen molar-refractivity contribution in [1.29, 1.82) is 0 Å². The van der Waals surface area contributed by atoms with E-state index in [1.807, 2.05) is 6.92 Å². The number of amides is 1. The Kier molecular flexibility index (Phi) is 5.41. The molecule has 0 aromatic heterocycles. The molecule has 0 saturated heterocycles. The lowest BCUT2D eigenvalue weighted by atomic mass is 9.71. The fourth-order valence-corrected chi connectivity index (χ4v) is 4.44. The van der Waals surface area contributed by atoms with Crippen LogP contribution in [0.3, 0.4) is 0 Å². The molecule has 2 nitrogen and oxygen atoms in total. The summed E-state index contributed by atoms with van der Waals surface area (Å²) in [6, 6.07) is 6.24. The molecule has 3 atom stereocenters. The van der Waals surface area contributed by atoms with Gasteiger partial charge in [-0.25, -0.2) is 4.39 Å². The van der Waals surface area contributed by atoms with E-state index in [4.69, 9.17) is 0 Å². The summed E-state index contributed by atoms with van der Waals surface area (Å²) in [7, 11) is 0. The number of nitrogens with one attached hydrogen (secondary N) is 1. The molecule has 0 bridgehead atoms. The number of rotatable bonds is 4. The molecule has 0 spiro atoms. The number of hydrogen-bond acceptors (Lipinski definition) is 1. The SMILES string of the molecule is CC1=C2[C@H](/C=C(\C)C(=O)NCc3ccc(F)cc3)CC[C@@H](C)[C@H]2CC1. The van der Waals surface area contributed by atoms with E-state index in [0.717, 1.165) is 23.5 Å². The van der Waals surface area contributed by atoms with Gasteiger partial charge in [0, 0.05) is 12.1 Å². The van der Waals surface area contributed by atoms with Crippen molar-refractivity contribution < 1.29 is 9.18 Å². The second kappa shape index (κ2) is 7.55. The monoisotopic (exact) mass is 341 g/mol. The molecule has 3 rings (SSSR count). The summed E-state index contributed by atoms with van der Waals surface area (Å²) in [5.74, 6) is 1.61. The van der Waals surface area contributed by atoms with Crippen LogP contribution < -0.4 is 5.32 Å². The highest BCUT2D eigenvalue weighted by Gasteiger charge is 2.36. The Morgan fingerprint density at radius 2 is 1.96 bits per heavy atom. The summed E-state index contributed by atoms with van der Waals surface area (Å²) in [5.41, 5.74) is 4.83. The fraction of sp³-hybridized carbons (Fsp3) is 0.500. The van der Waals surface area contributed by atoms with E-state index < -0.39 is 0 Å². The third kappa shape index (κ3) is 4.02. The lowest BCUT2D eigenvalue weighted by molar-refractivity contribution is -0.117. The molecular formula is C22H28FNO. The minimum atomic E-state index is -0.257. The zero-order valence-corrected chi connectivity index (χ0v) is 15.4. The Balaban J connectivity index is 1.65. The third-order valence-corrected chi connectivity index (χ3v) is 5.92. The van der Waals surface area contributed by atoms with E-state index in [2.05, 4.69) is 25.2 Å². The van der Waals surface area contributed by atoms with E-state index in [0.29, 0.717) is 18.4 Å². The number of hydrogen-bond donors (Lipinski definition) is 1. The largest absolute Gasteiger partial charge is 0.348 e. The van der Waals surface area contributed by atoms with Gasteiger partial charge in [0.05, 0.1) is 0 Å². The number of fused-ring (bicyclic) bond motifs is 1. The molecule has 1 amide bonds. The molecule has 25 heavy (non-hydrogen) atoms. The van der Waals surface area contributed by atoms with Gasteiger partial charge in [0.25, 0.3) is 0 Å². The van der Waals surface area contributed by atoms with Crippen molar-refractivity contribution in [2.24, 2.45) is 17.8 Å². The number of carbonyl (C=O) groups is 1. The van der Waals surface area contributed by atoms with Gasteiger partial charge in [0.1, 0.15) is 5.82 Å². The minimum Gasteiger partial charge on any atom is -0.348 e. The average Bonchev–Trinajstić information content (AvgIpc) is 2.99. The smallest absolute Gasteiger partial charge is 0.246 e. The molecule has 1 fully saturated rings. The second-order valence-electron chi connectivity index (χ2n) is 7.70. The summed E-state index contributed by atoms with van der Waals surface area (Å²) < 4.78 is 12.9.